The average Bonchev–Trinajstić information content (AvgIpc) is 3.07. The monoisotopic (exact) mass is 310 g/mol. The Morgan fingerprint density at radius 2 is 1.95 bits per heavy atom. The number of thiophene rings is 1. The van der Waals surface area contributed by atoms with Crippen molar-refractivity contribution in [3.05, 3.63) is 51.4 Å². The van der Waals surface area contributed by atoms with Gasteiger partial charge >= 0.3 is 0 Å². The fourth-order valence-corrected chi connectivity index (χ4v) is 4.63. The fraction of sp³-hybridized carbons (Fsp3) is 0.333. The van der Waals surface area contributed by atoms with Crippen LogP contribution in [0.1, 0.15) is 33.6 Å². The van der Waals surface area contributed by atoms with E-state index in [9.17, 15) is 4.79 Å². The lowest BCUT2D eigenvalue weighted by atomic mass is 9.98. The lowest BCUT2D eigenvalue weighted by Gasteiger charge is -2.14. The first-order valence-electron chi connectivity index (χ1n) is 7.68. The number of rotatable bonds is 1. The molecule has 2 aliphatic rings. The van der Waals surface area contributed by atoms with Crippen LogP contribution in [0, 0.1) is 6.92 Å². The topological polar surface area (TPSA) is 32.7 Å². The summed E-state index contributed by atoms with van der Waals surface area (Å²) < 4.78 is 0. The number of carbonyl (C=O) groups is 1. The van der Waals surface area contributed by atoms with Crippen LogP contribution in [0.15, 0.2) is 29.3 Å². The number of amides is 1. The van der Waals surface area contributed by atoms with Crippen LogP contribution in [0.5, 0.6) is 0 Å². The smallest absolute Gasteiger partial charge is 0.249 e. The molecule has 1 amide bonds. The van der Waals surface area contributed by atoms with E-state index in [1.807, 2.05) is 7.05 Å². The van der Waals surface area contributed by atoms with E-state index in [1.165, 1.54) is 28.0 Å². The lowest BCUT2D eigenvalue weighted by Crippen LogP contribution is -2.27. The third-order valence-electron chi connectivity index (χ3n) is 4.52. The summed E-state index contributed by atoms with van der Waals surface area (Å²) in [6.07, 6.45) is 3.46. The van der Waals surface area contributed by atoms with Crippen LogP contribution in [0.4, 0.5) is 5.00 Å². The Morgan fingerprint density at radius 3 is 2.73 bits per heavy atom. The SMILES string of the molecule is Cc1ccc(C2=NCC(=O)N(C)c3sc4c(c32)CCC4)cc1. The van der Waals surface area contributed by atoms with Crippen molar-refractivity contribution in [2.75, 3.05) is 18.5 Å². The number of benzene rings is 1. The summed E-state index contributed by atoms with van der Waals surface area (Å²) in [6.45, 7) is 2.32. The first-order chi connectivity index (χ1) is 10.6. The molecule has 22 heavy (non-hydrogen) atoms. The molecule has 1 aliphatic carbocycles. The highest BCUT2D eigenvalue weighted by Crippen LogP contribution is 2.42. The van der Waals surface area contributed by atoms with Gasteiger partial charge in [-0.1, -0.05) is 29.8 Å². The molecule has 0 fully saturated rings. The summed E-state index contributed by atoms with van der Waals surface area (Å²) in [5.41, 5.74) is 5.96. The summed E-state index contributed by atoms with van der Waals surface area (Å²) >= 11 is 1.78. The molecule has 1 aromatic carbocycles. The lowest BCUT2D eigenvalue weighted by molar-refractivity contribution is -0.116. The van der Waals surface area contributed by atoms with Gasteiger partial charge in [0.15, 0.2) is 0 Å². The summed E-state index contributed by atoms with van der Waals surface area (Å²) in [6, 6.07) is 8.46. The number of hydrogen-bond donors (Lipinski definition) is 0. The molecule has 1 aliphatic heterocycles. The van der Waals surface area contributed by atoms with E-state index in [1.54, 1.807) is 16.2 Å². The van der Waals surface area contributed by atoms with Crippen LogP contribution in [-0.4, -0.2) is 25.2 Å². The Morgan fingerprint density at radius 1 is 1.18 bits per heavy atom. The van der Waals surface area contributed by atoms with E-state index >= 15 is 0 Å². The first kappa shape index (κ1) is 13.7. The number of carbonyl (C=O) groups excluding carboxylic acids is 1. The summed E-state index contributed by atoms with van der Waals surface area (Å²) in [5, 5.41) is 1.08. The zero-order valence-corrected chi connectivity index (χ0v) is 13.7. The van der Waals surface area contributed by atoms with Crippen molar-refractivity contribution in [3.63, 3.8) is 0 Å². The van der Waals surface area contributed by atoms with E-state index in [0.717, 1.165) is 29.1 Å². The van der Waals surface area contributed by atoms with Gasteiger partial charge in [-0.2, -0.15) is 0 Å². The Kier molecular flexibility index (Phi) is 3.15. The first-order valence-corrected chi connectivity index (χ1v) is 8.50. The Balaban J connectivity index is 1.94. The van der Waals surface area contributed by atoms with E-state index in [-0.39, 0.29) is 12.5 Å². The van der Waals surface area contributed by atoms with Gasteiger partial charge in [0.1, 0.15) is 11.5 Å². The molecule has 0 saturated carbocycles. The molecule has 3 nitrogen and oxygen atoms in total. The molecule has 112 valence electrons. The molecule has 2 aromatic rings. The van der Waals surface area contributed by atoms with Crippen molar-refractivity contribution in [1.29, 1.82) is 0 Å². The molecule has 0 spiro atoms. The van der Waals surface area contributed by atoms with E-state index in [4.69, 9.17) is 0 Å². The highest BCUT2D eigenvalue weighted by atomic mass is 32.1. The van der Waals surface area contributed by atoms with Crippen LogP contribution in [0.3, 0.4) is 0 Å². The number of anilines is 1. The van der Waals surface area contributed by atoms with Gasteiger partial charge < -0.3 is 4.90 Å². The Labute approximate surface area is 134 Å². The second-order valence-corrected chi connectivity index (χ2v) is 7.10. The maximum Gasteiger partial charge on any atom is 0.249 e. The van der Waals surface area contributed by atoms with Crippen molar-refractivity contribution in [3.8, 4) is 0 Å². The molecule has 0 atom stereocenters. The molecular formula is C18H18N2OS. The van der Waals surface area contributed by atoms with Gasteiger partial charge in [-0.3, -0.25) is 9.79 Å². The van der Waals surface area contributed by atoms with Crippen LogP contribution in [-0.2, 0) is 17.6 Å². The zero-order valence-electron chi connectivity index (χ0n) is 12.8. The second-order valence-electron chi connectivity index (χ2n) is 6.02. The Bertz CT molecular complexity index is 786. The van der Waals surface area contributed by atoms with Crippen molar-refractivity contribution in [1.82, 2.24) is 0 Å². The number of aliphatic imine (C=N–C) groups is 1. The predicted octanol–water partition coefficient (Wildman–Crippen LogP) is 3.36. The van der Waals surface area contributed by atoms with E-state index in [2.05, 4.69) is 36.2 Å². The zero-order chi connectivity index (χ0) is 15.3. The standard InChI is InChI=1S/C18H18N2OS/c1-11-6-8-12(9-7-11)17-16-13-4-3-5-14(13)22-18(16)20(2)15(21)10-19-17/h6-9H,3-5,10H2,1-2H3. The number of likely N-dealkylation sites (N-methyl/N-ethyl adjacent to an activating group) is 1. The summed E-state index contributed by atoms with van der Waals surface area (Å²) in [5.74, 6) is 0.0725. The van der Waals surface area contributed by atoms with Gasteiger partial charge in [-0.15, -0.1) is 11.3 Å². The summed E-state index contributed by atoms with van der Waals surface area (Å²) in [7, 11) is 1.88. The maximum atomic E-state index is 12.3. The molecule has 0 N–H and O–H groups in total. The number of aryl methyl sites for hydroxylation is 2. The largest absolute Gasteiger partial charge is 0.305 e. The number of nitrogens with zero attached hydrogens (tertiary/aromatic N) is 2. The number of hydrogen-bond acceptors (Lipinski definition) is 3. The molecule has 2 heterocycles. The average molecular weight is 310 g/mol. The third-order valence-corrected chi connectivity index (χ3v) is 5.88. The minimum Gasteiger partial charge on any atom is -0.305 e. The van der Waals surface area contributed by atoms with Gasteiger partial charge in [0, 0.05) is 23.1 Å². The van der Waals surface area contributed by atoms with Crippen molar-refractivity contribution in [2.24, 2.45) is 4.99 Å². The molecular weight excluding hydrogens is 292 g/mol. The second kappa shape index (κ2) is 5.06. The Hall–Kier alpha value is -1.94. The maximum absolute atomic E-state index is 12.3. The van der Waals surface area contributed by atoms with Crippen LogP contribution >= 0.6 is 11.3 Å². The molecule has 0 unspecified atom stereocenters. The molecule has 4 heteroatoms. The molecule has 4 rings (SSSR count). The third kappa shape index (κ3) is 2.02. The van der Waals surface area contributed by atoms with Gasteiger partial charge in [0.25, 0.3) is 0 Å². The molecule has 0 radical (unpaired) electrons. The van der Waals surface area contributed by atoms with E-state index < -0.39 is 0 Å². The summed E-state index contributed by atoms with van der Waals surface area (Å²) in [4.78, 5) is 20.2. The quantitative estimate of drug-likeness (QED) is 0.795. The molecule has 0 saturated heterocycles. The van der Waals surface area contributed by atoms with Gasteiger partial charge in [-0.05, 0) is 31.7 Å². The predicted molar refractivity (Wildman–Crippen MR) is 91.4 cm³/mol. The highest BCUT2D eigenvalue weighted by molar-refractivity contribution is 7.17. The van der Waals surface area contributed by atoms with Crippen molar-refractivity contribution >= 4 is 28.0 Å². The number of fused-ring (bicyclic) bond motifs is 3. The van der Waals surface area contributed by atoms with Gasteiger partial charge in [-0.25, -0.2) is 0 Å². The fourth-order valence-electron chi connectivity index (χ4n) is 3.26. The molecule has 1 aromatic heterocycles. The van der Waals surface area contributed by atoms with Crippen LogP contribution < -0.4 is 4.90 Å². The van der Waals surface area contributed by atoms with Gasteiger partial charge in [0.05, 0.1) is 5.71 Å². The normalized spacial score (nSPS) is 17.1. The van der Waals surface area contributed by atoms with Crippen LogP contribution in [0.25, 0.3) is 0 Å². The molecule has 0 bridgehead atoms. The van der Waals surface area contributed by atoms with Crippen LogP contribution in [0.2, 0.25) is 0 Å². The minimum atomic E-state index is 0.0725. The van der Waals surface area contributed by atoms with Crippen molar-refractivity contribution < 1.29 is 4.79 Å². The van der Waals surface area contributed by atoms with E-state index in [0.29, 0.717) is 0 Å². The minimum absolute atomic E-state index is 0.0725. The highest BCUT2D eigenvalue weighted by Gasteiger charge is 2.31. The van der Waals surface area contributed by atoms with Gasteiger partial charge in [0.2, 0.25) is 5.91 Å². The van der Waals surface area contributed by atoms with Crippen molar-refractivity contribution in [2.45, 2.75) is 26.2 Å².